The van der Waals surface area contributed by atoms with Gasteiger partial charge < -0.3 is 10.1 Å². The summed E-state index contributed by atoms with van der Waals surface area (Å²) in [5.41, 5.74) is 2.86. The van der Waals surface area contributed by atoms with Gasteiger partial charge >= 0.3 is 0 Å². The molecule has 140 valence electrons. The SMILES string of the molecule is Cc1cc(Oc2ncccc2C#N)ccc1NC(=O)CCc1ccccc1Cl. The van der Waals surface area contributed by atoms with Crippen LogP contribution in [0.4, 0.5) is 5.69 Å². The molecule has 0 aliphatic rings. The molecule has 1 aromatic heterocycles. The molecule has 6 heteroatoms. The van der Waals surface area contributed by atoms with Crippen LogP contribution >= 0.6 is 11.6 Å². The zero-order valence-electron chi connectivity index (χ0n) is 15.3. The van der Waals surface area contributed by atoms with Gasteiger partial charge in [-0.15, -0.1) is 0 Å². The number of carbonyl (C=O) groups excluding carboxylic acids is 1. The minimum absolute atomic E-state index is 0.0896. The standard InChI is InChI=1S/C22H18ClN3O2/c1-15-13-18(28-22-17(14-24)6-4-12-25-22)9-10-20(15)26-21(27)11-8-16-5-2-3-7-19(16)23/h2-7,9-10,12-13H,8,11H2,1H3,(H,26,27). The van der Waals surface area contributed by atoms with Gasteiger partial charge in [-0.25, -0.2) is 4.98 Å². The summed E-state index contributed by atoms with van der Waals surface area (Å²) in [5.74, 6) is 0.705. The normalized spacial score (nSPS) is 10.2. The molecule has 3 rings (SSSR count). The van der Waals surface area contributed by atoms with Crippen molar-refractivity contribution in [3.8, 4) is 17.7 Å². The van der Waals surface area contributed by atoms with Gasteiger partial charge in [0.1, 0.15) is 17.4 Å². The van der Waals surface area contributed by atoms with E-state index in [1.54, 1.807) is 36.5 Å². The lowest BCUT2D eigenvalue weighted by molar-refractivity contribution is -0.116. The van der Waals surface area contributed by atoms with Crippen molar-refractivity contribution in [1.29, 1.82) is 5.26 Å². The zero-order valence-corrected chi connectivity index (χ0v) is 16.0. The topological polar surface area (TPSA) is 75.0 Å². The van der Waals surface area contributed by atoms with Crippen molar-refractivity contribution in [2.45, 2.75) is 19.8 Å². The molecule has 5 nitrogen and oxygen atoms in total. The summed E-state index contributed by atoms with van der Waals surface area (Å²) in [7, 11) is 0. The van der Waals surface area contributed by atoms with E-state index in [1.807, 2.05) is 37.3 Å². The number of halogens is 1. The molecule has 0 spiro atoms. The van der Waals surface area contributed by atoms with Gasteiger partial charge in [-0.1, -0.05) is 29.8 Å². The molecule has 1 N–H and O–H groups in total. The Balaban J connectivity index is 1.63. The predicted octanol–water partition coefficient (Wildman–Crippen LogP) is 5.28. The fourth-order valence-corrected chi connectivity index (χ4v) is 2.90. The number of hydrogen-bond acceptors (Lipinski definition) is 4. The Hall–Kier alpha value is -3.36. The fraction of sp³-hybridized carbons (Fsp3) is 0.136. The maximum atomic E-state index is 12.3. The molecular formula is C22H18ClN3O2. The summed E-state index contributed by atoms with van der Waals surface area (Å²) in [6.45, 7) is 1.88. The Bertz CT molecular complexity index is 1040. The summed E-state index contributed by atoms with van der Waals surface area (Å²) in [6, 6.07) is 18.2. The number of benzene rings is 2. The summed E-state index contributed by atoms with van der Waals surface area (Å²) in [4.78, 5) is 16.4. The summed E-state index contributed by atoms with van der Waals surface area (Å²) in [5, 5.41) is 12.7. The van der Waals surface area contributed by atoms with Crippen LogP contribution in [0.25, 0.3) is 0 Å². The van der Waals surface area contributed by atoms with Crippen LogP contribution in [-0.2, 0) is 11.2 Å². The molecule has 0 radical (unpaired) electrons. The second-order valence-electron chi connectivity index (χ2n) is 6.19. The third-order valence-corrected chi connectivity index (χ3v) is 4.53. The molecule has 0 bridgehead atoms. The summed E-state index contributed by atoms with van der Waals surface area (Å²) in [6.07, 6.45) is 2.47. The predicted molar refractivity (Wildman–Crippen MR) is 109 cm³/mol. The lowest BCUT2D eigenvalue weighted by Gasteiger charge is -2.11. The number of ether oxygens (including phenoxy) is 1. The highest BCUT2D eigenvalue weighted by Gasteiger charge is 2.10. The second kappa shape index (κ2) is 9.03. The van der Waals surface area contributed by atoms with Gasteiger partial charge in [0.05, 0.1) is 0 Å². The highest BCUT2D eigenvalue weighted by Crippen LogP contribution is 2.27. The average molecular weight is 392 g/mol. The molecule has 1 heterocycles. The van der Waals surface area contributed by atoms with Crippen molar-refractivity contribution in [1.82, 2.24) is 4.98 Å². The van der Waals surface area contributed by atoms with Gasteiger partial charge in [0.15, 0.2) is 0 Å². The number of rotatable bonds is 6. The number of nitriles is 1. The molecule has 0 aliphatic heterocycles. The van der Waals surface area contributed by atoms with Crippen molar-refractivity contribution < 1.29 is 9.53 Å². The lowest BCUT2D eigenvalue weighted by Crippen LogP contribution is -2.13. The fourth-order valence-electron chi connectivity index (χ4n) is 2.67. The number of aromatic nitrogens is 1. The molecule has 3 aromatic rings. The number of aryl methyl sites for hydroxylation is 2. The van der Waals surface area contributed by atoms with Crippen LogP contribution in [0.5, 0.6) is 11.6 Å². The molecule has 28 heavy (non-hydrogen) atoms. The smallest absolute Gasteiger partial charge is 0.237 e. The number of nitrogens with one attached hydrogen (secondary N) is 1. The number of anilines is 1. The molecule has 0 aliphatic carbocycles. The average Bonchev–Trinajstić information content (AvgIpc) is 2.70. The lowest BCUT2D eigenvalue weighted by atomic mass is 10.1. The monoisotopic (exact) mass is 391 g/mol. The van der Waals surface area contributed by atoms with Crippen molar-refractivity contribution in [2.24, 2.45) is 0 Å². The molecule has 1 amide bonds. The highest BCUT2D eigenvalue weighted by atomic mass is 35.5. The van der Waals surface area contributed by atoms with E-state index in [0.717, 1.165) is 11.1 Å². The molecule has 0 unspecified atom stereocenters. The zero-order chi connectivity index (χ0) is 19.9. The largest absolute Gasteiger partial charge is 0.438 e. The van der Waals surface area contributed by atoms with E-state index in [1.165, 1.54) is 0 Å². The maximum Gasteiger partial charge on any atom is 0.237 e. The van der Waals surface area contributed by atoms with E-state index in [-0.39, 0.29) is 11.8 Å². The van der Waals surface area contributed by atoms with Gasteiger partial charge in [-0.05, 0) is 60.9 Å². The van der Waals surface area contributed by atoms with E-state index >= 15 is 0 Å². The third kappa shape index (κ3) is 4.87. The number of amides is 1. The van der Waals surface area contributed by atoms with Crippen LogP contribution in [0, 0.1) is 18.3 Å². The van der Waals surface area contributed by atoms with Gasteiger partial charge in [-0.2, -0.15) is 5.26 Å². The Kier molecular flexibility index (Phi) is 6.25. The van der Waals surface area contributed by atoms with E-state index in [9.17, 15) is 4.79 Å². The first-order valence-electron chi connectivity index (χ1n) is 8.73. The number of carbonyl (C=O) groups is 1. The minimum Gasteiger partial charge on any atom is -0.438 e. The molecule has 2 aromatic carbocycles. The second-order valence-corrected chi connectivity index (χ2v) is 6.59. The molecular weight excluding hydrogens is 374 g/mol. The van der Waals surface area contributed by atoms with Crippen molar-refractivity contribution in [3.63, 3.8) is 0 Å². The first kappa shape index (κ1) is 19.4. The summed E-state index contributed by atoms with van der Waals surface area (Å²) >= 11 is 6.13. The van der Waals surface area contributed by atoms with E-state index < -0.39 is 0 Å². The number of pyridine rings is 1. The molecule has 0 saturated carbocycles. The Morgan fingerprint density at radius 1 is 1.21 bits per heavy atom. The Morgan fingerprint density at radius 3 is 2.79 bits per heavy atom. The number of hydrogen-bond donors (Lipinski definition) is 1. The Morgan fingerprint density at radius 2 is 2.04 bits per heavy atom. The molecule has 0 saturated heterocycles. The minimum atomic E-state index is -0.0896. The van der Waals surface area contributed by atoms with Crippen molar-refractivity contribution in [2.75, 3.05) is 5.32 Å². The number of nitrogens with zero attached hydrogens (tertiary/aromatic N) is 2. The Labute approximate surface area is 168 Å². The van der Waals surface area contributed by atoms with Crippen LogP contribution in [0.15, 0.2) is 60.8 Å². The van der Waals surface area contributed by atoms with E-state index in [2.05, 4.69) is 10.3 Å². The molecule has 0 atom stereocenters. The van der Waals surface area contributed by atoms with Gasteiger partial charge in [0, 0.05) is 23.3 Å². The first-order chi connectivity index (χ1) is 13.6. The van der Waals surface area contributed by atoms with Crippen LogP contribution in [-0.4, -0.2) is 10.9 Å². The third-order valence-electron chi connectivity index (χ3n) is 4.16. The van der Waals surface area contributed by atoms with Gasteiger partial charge in [0.2, 0.25) is 11.8 Å². The van der Waals surface area contributed by atoms with Crippen LogP contribution in [0.2, 0.25) is 5.02 Å². The van der Waals surface area contributed by atoms with Crippen molar-refractivity contribution in [3.05, 3.63) is 82.5 Å². The van der Waals surface area contributed by atoms with Crippen molar-refractivity contribution >= 4 is 23.2 Å². The maximum absolute atomic E-state index is 12.3. The van der Waals surface area contributed by atoms with Crippen LogP contribution in [0.3, 0.4) is 0 Å². The van der Waals surface area contributed by atoms with Crippen LogP contribution < -0.4 is 10.1 Å². The highest BCUT2D eigenvalue weighted by molar-refractivity contribution is 6.31. The summed E-state index contributed by atoms with van der Waals surface area (Å²) < 4.78 is 5.70. The van der Waals surface area contributed by atoms with E-state index in [0.29, 0.717) is 34.9 Å². The van der Waals surface area contributed by atoms with E-state index in [4.69, 9.17) is 21.6 Å². The van der Waals surface area contributed by atoms with Gasteiger partial charge in [0.25, 0.3) is 0 Å². The quantitative estimate of drug-likeness (QED) is 0.620. The van der Waals surface area contributed by atoms with Gasteiger partial charge in [-0.3, -0.25) is 4.79 Å². The molecule has 0 fully saturated rings. The van der Waals surface area contributed by atoms with Crippen LogP contribution in [0.1, 0.15) is 23.1 Å². The first-order valence-corrected chi connectivity index (χ1v) is 9.11.